The molecule has 7 nitrogen and oxygen atoms in total. The van der Waals surface area contributed by atoms with Crippen molar-refractivity contribution in [3.8, 4) is 5.75 Å². The first-order chi connectivity index (χ1) is 12.1. The second-order valence-electron chi connectivity index (χ2n) is 4.93. The van der Waals surface area contributed by atoms with Gasteiger partial charge in [0, 0.05) is 18.1 Å². The molecule has 0 aliphatic rings. The second-order valence-corrected chi connectivity index (χ2v) is 6.88. The van der Waals surface area contributed by atoms with Crippen LogP contribution < -0.4 is 10.1 Å². The van der Waals surface area contributed by atoms with Gasteiger partial charge < -0.3 is 4.74 Å². The zero-order valence-corrected chi connectivity index (χ0v) is 13.7. The van der Waals surface area contributed by atoms with Gasteiger partial charge in [0.1, 0.15) is 17.0 Å². The predicted molar refractivity (Wildman–Crippen MR) is 90.0 cm³/mol. The van der Waals surface area contributed by atoms with Crippen LogP contribution in [0.3, 0.4) is 0 Å². The molecule has 0 spiro atoms. The Labute approximate surface area is 144 Å². The fourth-order valence-electron chi connectivity index (χ4n) is 2.02. The first-order valence-corrected chi connectivity index (χ1v) is 8.68. The fourth-order valence-corrected chi connectivity index (χ4v) is 3.18. The molecule has 0 saturated carbocycles. The Morgan fingerprint density at radius 3 is 2.16 bits per heavy atom. The molecule has 1 N–H and O–H groups in total. The van der Waals surface area contributed by atoms with Crippen LogP contribution >= 0.6 is 0 Å². The summed E-state index contributed by atoms with van der Waals surface area (Å²) in [7, 11) is -3.70. The molecular weight excluding hydrogens is 342 g/mol. The molecule has 8 heteroatoms. The van der Waals surface area contributed by atoms with Crippen molar-refractivity contribution in [3.63, 3.8) is 0 Å². The number of ether oxygens (including phenoxy) is 1. The molecule has 0 aliphatic heterocycles. The lowest BCUT2D eigenvalue weighted by atomic mass is 10.3. The maximum absolute atomic E-state index is 12.4. The lowest BCUT2D eigenvalue weighted by Gasteiger charge is -2.08. The first kappa shape index (κ1) is 16.6. The van der Waals surface area contributed by atoms with Gasteiger partial charge in [-0.2, -0.15) is 0 Å². The SMILES string of the molecule is O=C(Nc1ccc(S(=O)(=O)c2cncnc2)cc1)Oc1ccccc1. The molecule has 2 aromatic carbocycles. The quantitative estimate of drug-likeness (QED) is 0.773. The summed E-state index contributed by atoms with van der Waals surface area (Å²) in [5.41, 5.74) is 0.407. The number of benzene rings is 2. The van der Waals surface area contributed by atoms with Crippen LogP contribution in [0.4, 0.5) is 10.5 Å². The van der Waals surface area contributed by atoms with E-state index in [-0.39, 0.29) is 9.79 Å². The van der Waals surface area contributed by atoms with Crippen molar-refractivity contribution >= 4 is 21.6 Å². The predicted octanol–water partition coefficient (Wildman–Crippen LogP) is 2.92. The smallest absolute Gasteiger partial charge is 0.410 e. The minimum atomic E-state index is -3.70. The molecule has 3 aromatic rings. The van der Waals surface area contributed by atoms with Gasteiger partial charge in [-0.25, -0.2) is 23.2 Å². The van der Waals surface area contributed by atoms with Crippen molar-refractivity contribution in [1.82, 2.24) is 9.97 Å². The number of amides is 1. The summed E-state index contributed by atoms with van der Waals surface area (Å²) < 4.78 is 29.9. The summed E-state index contributed by atoms with van der Waals surface area (Å²) in [4.78, 5) is 19.3. The molecule has 0 fully saturated rings. The number of hydrogen-bond acceptors (Lipinski definition) is 6. The van der Waals surface area contributed by atoms with Gasteiger partial charge in [-0.3, -0.25) is 5.32 Å². The summed E-state index contributed by atoms with van der Waals surface area (Å²) in [5.74, 6) is 0.406. The van der Waals surface area contributed by atoms with E-state index in [4.69, 9.17) is 4.74 Å². The number of rotatable bonds is 4. The van der Waals surface area contributed by atoms with Gasteiger partial charge >= 0.3 is 6.09 Å². The maximum Gasteiger partial charge on any atom is 0.417 e. The highest BCUT2D eigenvalue weighted by molar-refractivity contribution is 7.91. The van der Waals surface area contributed by atoms with Crippen LogP contribution in [0.25, 0.3) is 0 Å². The molecule has 0 radical (unpaired) electrons. The van der Waals surface area contributed by atoms with E-state index in [9.17, 15) is 13.2 Å². The van der Waals surface area contributed by atoms with Gasteiger partial charge in [-0.05, 0) is 36.4 Å². The van der Waals surface area contributed by atoms with Crippen LogP contribution in [0, 0.1) is 0 Å². The third-order valence-corrected chi connectivity index (χ3v) is 4.94. The molecule has 126 valence electrons. The topological polar surface area (TPSA) is 98.2 Å². The van der Waals surface area contributed by atoms with E-state index in [1.165, 1.54) is 43.0 Å². The number of para-hydroxylation sites is 1. The molecule has 1 aromatic heterocycles. The third kappa shape index (κ3) is 3.99. The highest BCUT2D eigenvalue weighted by Crippen LogP contribution is 2.21. The Kier molecular flexibility index (Phi) is 4.71. The molecule has 0 unspecified atom stereocenters. The van der Waals surface area contributed by atoms with Gasteiger partial charge in [0.15, 0.2) is 0 Å². The van der Waals surface area contributed by atoms with Crippen molar-refractivity contribution in [1.29, 1.82) is 0 Å². The molecular formula is C17H13N3O4S. The highest BCUT2D eigenvalue weighted by Gasteiger charge is 2.18. The lowest BCUT2D eigenvalue weighted by molar-refractivity contribution is 0.215. The van der Waals surface area contributed by atoms with Gasteiger partial charge in [0.25, 0.3) is 0 Å². The van der Waals surface area contributed by atoms with E-state index in [1.807, 2.05) is 6.07 Å². The normalized spacial score (nSPS) is 10.9. The maximum atomic E-state index is 12.4. The van der Waals surface area contributed by atoms with E-state index in [2.05, 4.69) is 15.3 Å². The Balaban J connectivity index is 1.71. The number of sulfone groups is 1. The third-order valence-electron chi connectivity index (χ3n) is 3.21. The van der Waals surface area contributed by atoms with Gasteiger partial charge in [-0.15, -0.1) is 0 Å². The molecule has 25 heavy (non-hydrogen) atoms. The van der Waals surface area contributed by atoms with Crippen LogP contribution in [0.2, 0.25) is 0 Å². The standard InChI is InChI=1S/C17H13N3O4S/c21-17(24-14-4-2-1-3-5-14)20-13-6-8-15(9-7-13)25(22,23)16-10-18-12-19-11-16/h1-12H,(H,20,21). The number of nitrogens with one attached hydrogen (secondary N) is 1. The largest absolute Gasteiger partial charge is 0.417 e. The summed E-state index contributed by atoms with van der Waals surface area (Å²) in [5, 5.41) is 2.53. The summed E-state index contributed by atoms with van der Waals surface area (Å²) in [6.45, 7) is 0. The van der Waals surface area contributed by atoms with Crippen LogP contribution in [0.1, 0.15) is 0 Å². The Morgan fingerprint density at radius 2 is 1.52 bits per heavy atom. The molecule has 0 saturated heterocycles. The fraction of sp³-hybridized carbons (Fsp3) is 0. The van der Waals surface area contributed by atoms with Gasteiger partial charge in [0.2, 0.25) is 9.84 Å². The number of anilines is 1. The van der Waals surface area contributed by atoms with Crippen LogP contribution in [-0.4, -0.2) is 24.5 Å². The molecule has 0 atom stereocenters. The van der Waals surface area contributed by atoms with Crippen molar-refractivity contribution < 1.29 is 17.9 Å². The summed E-state index contributed by atoms with van der Waals surface area (Å²) in [6.07, 6.45) is 3.04. The molecule has 1 amide bonds. The lowest BCUT2D eigenvalue weighted by Crippen LogP contribution is -2.16. The van der Waals surface area contributed by atoms with Crippen molar-refractivity contribution in [3.05, 3.63) is 73.3 Å². The minimum absolute atomic E-state index is 0.000744. The van der Waals surface area contributed by atoms with E-state index < -0.39 is 15.9 Å². The zero-order valence-electron chi connectivity index (χ0n) is 12.9. The average molecular weight is 355 g/mol. The monoisotopic (exact) mass is 355 g/mol. The van der Waals surface area contributed by atoms with Gasteiger partial charge in [-0.1, -0.05) is 18.2 Å². The number of hydrogen-bond donors (Lipinski definition) is 1. The van der Waals surface area contributed by atoms with E-state index >= 15 is 0 Å². The van der Waals surface area contributed by atoms with Crippen LogP contribution in [0.5, 0.6) is 5.75 Å². The Hall–Kier alpha value is -3.26. The van der Waals surface area contributed by atoms with Crippen molar-refractivity contribution in [2.24, 2.45) is 0 Å². The van der Waals surface area contributed by atoms with Gasteiger partial charge in [0.05, 0.1) is 4.90 Å². The van der Waals surface area contributed by atoms with Crippen LogP contribution in [0.15, 0.2) is 83.1 Å². The van der Waals surface area contributed by atoms with Crippen molar-refractivity contribution in [2.45, 2.75) is 9.79 Å². The molecule has 0 bridgehead atoms. The average Bonchev–Trinajstić information content (AvgIpc) is 2.63. The molecule has 1 heterocycles. The van der Waals surface area contributed by atoms with Crippen LogP contribution in [-0.2, 0) is 9.84 Å². The number of carbonyl (C=O) groups is 1. The first-order valence-electron chi connectivity index (χ1n) is 7.20. The number of aromatic nitrogens is 2. The van der Waals surface area contributed by atoms with E-state index in [0.717, 1.165) is 0 Å². The summed E-state index contributed by atoms with van der Waals surface area (Å²) >= 11 is 0. The zero-order chi connectivity index (χ0) is 17.7. The number of nitrogens with zero attached hydrogens (tertiary/aromatic N) is 2. The Bertz CT molecular complexity index is 960. The molecule has 3 rings (SSSR count). The number of carbonyl (C=O) groups excluding carboxylic acids is 1. The van der Waals surface area contributed by atoms with E-state index in [0.29, 0.717) is 11.4 Å². The summed E-state index contributed by atoms with van der Waals surface area (Å²) in [6, 6.07) is 14.3. The second kappa shape index (κ2) is 7.10. The highest BCUT2D eigenvalue weighted by atomic mass is 32.2. The minimum Gasteiger partial charge on any atom is -0.410 e. The van der Waals surface area contributed by atoms with E-state index in [1.54, 1.807) is 24.3 Å². The molecule has 0 aliphatic carbocycles. The Morgan fingerprint density at radius 1 is 0.880 bits per heavy atom. The van der Waals surface area contributed by atoms with Crippen molar-refractivity contribution in [2.75, 3.05) is 5.32 Å².